The molecule has 49 heavy (non-hydrogen) atoms. The third-order valence-corrected chi connectivity index (χ3v) is 8.05. The summed E-state index contributed by atoms with van der Waals surface area (Å²) < 4.78 is 64.9. The Bertz CT molecular complexity index is 2180. The van der Waals surface area contributed by atoms with Crippen molar-refractivity contribution in [2.75, 3.05) is 0 Å². The van der Waals surface area contributed by atoms with Crippen molar-refractivity contribution in [1.82, 2.24) is 0 Å². The first-order valence-corrected chi connectivity index (χ1v) is 15.5. The van der Waals surface area contributed by atoms with Gasteiger partial charge in [-0.1, -0.05) is 0 Å². The van der Waals surface area contributed by atoms with Gasteiger partial charge < -0.3 is 30.6 Å². The highest BCUT2D eigenvalue weighted by Gasteiger charge is 2.26. The van der Waals surface area contributed by atoms with Gasteiger partial charge in [-0.05, 0) is 12.1 Å². The molecule has 0 unspecified atom stereocenters. The Labute approximate surface area is 271 Å². The van der Waals surface area contributed by atoms with E-state index in [1.807, 2.05) is 0 Å². The number of non-ortho nitro benzene ring substituents is 2. The van der Waals surface area contributed by atoms with Gasteiger partial charge in [0.1, 0.15) is 55.5 Å². The molecule has 0 radical (unpaired) electrons. The van der Waals surface area contributed by atoms with Crippen LogP contribution >= 0.6 is 0 Å². The van der Waals surface area contributed by atoms with Crippen molar-refractivity contribution in [3.05, 3.63) is 79.9 Å². The van der Waals surface area contributed by atoms with E-state index in [9.17, 15) is 76.8 Å². The minimum absolute atomic E-state index is 0.119. The molecule has 0 aliphatic rings. The Kier molecular flexibility index (Phi) is 9.34. The number of azo groups is 2. The zero-order chi connectivity index (χ0) is 36.6. The number of benzene rings is 4. The summed E-state index contributed by atoms with van der Waals surface area (Å²) in [5, 5.41) is 98.4. The molecule has 0 aromatic heterocycles. The summed E-state index contributed by atoms with van der Waals surface area (Å²) >= 11 is 0. The van der Waals surface area contributed by atoms with Gasteiger partial charge in [0.2, 0.25) is 0 Å². The molecule has 4 aromatic carbocycles. The maximum Gasteiger partial charge on any atom is 0.298 e. The predicted molar refractivity (Wildman–Crippen MR) is 160 cm³/mol. The molecular weight excluding hydrogens is 704 g/mol. The van der Waals surface area contributed by atoms with Gasteiger partial charge in [0.15, 0.2) is 11.5 Å². The molecule has 0 bridgehead atoms. The smallest absolute Gasteiger partial charge is 0.298 e. The van der Waals surface area contributed by atoms with Crippen LogP contribution in [0.4, 0.5) is 34.1 Å². The number of hydrogen-bond acceptors (Lipinski definition) is 18. The average molecular weight is 723 g/mol. The van der Waals surface area contributed by atoms with E-state index in [0.717, 1.165) is 24.3 Å². The number of aromatic hydroxyl groups is 6. The molecule has 4 rings (SSSR count). The SMILES string of the molecule is O=[N+]([O-])c1cc(N=Nc2cc(Cc3cc(N=Nc4cc([N+](=O)[O-])cc(S(=O)(=O)O)c4O)c(O)cc3O)c(O)cc2O)c(O)c(S(=O)(=O)O)c1. The first-order chi connectivity index (χ1) is 22.7. The topological polar surface area (TPSA) is 366 Å². The maximum atomic E-state index is 11.6. The Hall–Kier alpha value is -6.50. The van der Waals surface area contributed by atoms with Gasteiger partial charge in [0, 0.05) is 53.9 Å². The Balaban J connectivity index is 1.73. The van der Waals surface area contributed by atoms with E-state index in [1.165, 1.54) is 0 Å². The first-order valence-electron chi connectivity index (χ1n) is 12.6. The summed E-state index contributed by atoms with van der Waals surface area (Å²) in [4.78, 5) is 17.8. The molecule has 24 heteroatoms. The van der Waals surface area contributed by atoms with E-state index in [1.54, 1.807) is 0 Å². The number of hydrogen-bond donors (Lipinski definition) is 8. The number of nitro groups is 2. The second-order valence-corrected chi connectivity index (χ2v) is 12.4. The molecule has 0 aliphatic carbocycles. The molecule has 0 heterocycles. The summed E-state index contributed by atoms with van der Waals surface area (Å²) in [5.41, 5.74) is -4.64. The minimum Gasteiger partial charge on any atom is -0.508 e. The molecule has 0 atom stereocenters. The lowest BCUT2D eigenvalue weighted by Crippen LogP contribution is -2.00. The van der Waals surface area contributed by atoms with Crippen LogP contribution in [-0.2, 0) is 26.7 Å². The first kappa shape index (κ1) is 35.4. The molecule has 8 N–H and O–H groups in total. The Morgan fingerprint density at radius 1 is 0.510 bits per heavy atom. The van der Waals surface area contributed by atoms with Gasteiger partial charge in [0.25, 0.3) is 31.6 Å². The van der Waals surface area contributed by atoms with E-state index < -0.39 is 115 Å². The number of rotatable bonds is 10. The van der Waals surface area contributed by atoms with Crippen molar-refractivity contribution >= 4 is 54.4 Å². The van der Waals surface area contributed by atoms with E-state index >= 15 is 0 Å². The van der Waals surface area contributed by atoms with Gasteiger partial charge in [-0.2, -0.15) is 16.8 Å². The number of nitrogens with zero attached hydrogens (tertiary/aromatic N) is 6. The number of phenols is 6. The monoisotopic (exact) mass is 722 g/mol. The van der Waals surface area contributed by atoms with Crippen LogP contribution in [0.2, 0.25) is 0 Å². The van der Waals surface area contributed by atoms with Crippen molar-refractivity contribution in [3.8, 4) is 34.5 Å². The van der Waals surface area contributed by atoms with Crippen molar-refractivity contribution < 1.29 is 66.4 Å². The molecule has 0 spiro atoms. The molecule has 22 nitrogen and oxygen atoms in total. The van der Waals surface area contributed by atoms with Crippen LogP contribution < -0.4 is 0 Å². The summed E-state index contributed by atoms with van der Waals surface area (Å²) in [5.74, 6) is -5.13. The van der Waals surface area contributed by atoms with Crippen LogP contribution in [0.3, 0.4) is 0 Å². The van der Waals surface area contributed by atoms with Gasteiger partial charge in [-0.15, -0.1) is 20.5 Å². The quantitative estimate of drug-likeness (QED) is 0.0477. The summed E-state index contributed by atoms with van der Waals surface area (Å²) in [6.07, 6.45) is -0.437. The highest BCUT2D eigenvalue weighted by Crippen LogP contribution is 2.43. The van der Waals surface area contributed by atoms with Gasteiger partial charge >= 0.3 is 0 Å². The molecule has 0 saturated carbocycles. The summed E-state index contributed by atoms with van der Waals surface area (Å²) in [7, 11) is -10.3. The summed E-state index contributed by atoms with van der Waals surface area (Å²) in [6, 6.07) is 5.42. The standard InChI is InChI=1S/C25H18N6O16S2/c32-18-8-20(34)14(26-28-16-4-12(30(38)39)6-22(24(16)36)48(42,43)44)2-10(18)1-11-3-15(21(35)9-19(11)33)27-29-17-5-13(31(40)41)7-23(25(17)37)49(45,46)47/h2-9,32-37H,1H2,(H,42,43,44)(H,45,46,47). The van der Waals surface area contributed by atoms with Crippen molar-refractivity contribution in [2.45, 2.75) is 16.2 Å². The molecule has 0 fully saturated rings. The Morgan fingerprint density at radius 3 is 1.14 bits per heavy atom. The van der Waals surface area contributed by atoms with Crippen LogP contribution in [0, 0.1) is 20.2 Å². The lowest BCUT2D eigenvalue weighted by molar-refractivity contribution is -0.385. The Morgan fingerprint density at radius 2 is 0.837 bits per heavy atom. The third-order valence-electron chi connectivity index (χ3n) is 6.32. The van der Waals surface area contributed by atoms with Crippen molar-refractivity contribution in [2.24, 2.45) is 20.5 Å². The number of phenolic OH excluding ortho intramolecular Hbond substituents is 6. The van der Waals surface area contributed by atoms with Crippen LogP contribution in [0.25, 0.3) is 0 Å². The second-order valence-electron chi connectivity index (χ2n) is 9.60. The average Bonchev–Trinajstić information content (AvgIpc) is 2.98. The van der Waals surface area contributed by atoms with Crippen LogP contribution in [0.15, 0.2) is 78.8 Å². The highest BCUT2D eigenvalue weighted by atomic mass is 32.2. The zero-order valence-corrected chi connectivity index (χ0v) is 25.3. The van der Waals surface area contributed by atoms with Gasteiger partial charge in [-0.3, -0.25) is 29.3 Å². The van der Waals surface area contributed by atoms with E-state index in [2.05, 4.69) is 20.5 Å². The zero-order valence-electron chi connectivity index (χ0n) is 23.7. The predicted octanol–water partition coefficient (Wildman–Crippen LogP) is 4.65. The highest BCUT2D eigenvalue weighted by molar-refractivity contribution is 7.86. The fourth-order valence-corrected chi connectivity index (χ4v) is 5.23. The maximum absolute atomic E-state index is 11.6. The van der Waals surface area contributed by atoms with Crippen LogP contribution in [0.5, 0.6) is 34.5 Å². The lowest BCUT2D eigenvalue weighted by atomic mass is 10.0. The van der Waals surface area contributed by atoms with E-state index in [-0.39, 0.29) is 11.1 Å². The fourth-order valence-electron chi connectivity index (χ4n) is 4.00. The van der Waals surface area contributed by atoms with Gasteiger partial charge in [-0.25, -0.2) is 0 Å². The lowest BCUT2D eigenvalue weighted by Gasteiger charge is -2.10. The molecular formula is C25H18N6O16S2. The van der Waals surface area contributed by atoms with Gasteiger partial charge in [0.05, 0.1) is 9.85 Å². The normalized spacial score (nSPS) is 12.1. The minimum atomic E-state index is -5.16. The second kappa shape index (κ2) is 13.0. The molecule has 256 valence electrons. The van der Waals surface area contributed by atoms with Crippen LogP contribution in [-0.4, -0.2) is 66.4 Å². The van der Waals surface area contributed by atoms with Crippen LogP contribution in [0.1, 0.15) is 11.1 Å². The van der Waals surface area contributed by atoms with Crippen molar-refractivity contribution in [1.29, 1.82) is 0 Å². The molecule has 4 aromatic rings. The third kappa shape index (κ3) is 7.73. The molecule has 0 amide bonds. The largest absolute Gasteiger partial charge is 0.508 e. The van der Waals surface area contributed by atoms with Crippen molar-refractivity contribution in [3.63, 3.8) is 0 Å². The van der Waals surface area contributed by atoms with E-state index in [4.69, 9.17) is 0 Å². The fraction of sp³-hybridized carbons (Fsp3) is 0.0400. The van der Waals surface area contributed by atoms with E-state index in [0.29, 0.717) is 24.3 Å². The number of nitro benzene ring substituents is 2. The molecule has 0 aliphatic heterocycles. The molecule has 0 saturated heterocycles. The summed E-state index contributed by atoms with van der Waals surface area (Å²) in [6.45, 7) is 0.